The third-order valence-corrected chi connectivity index (χ3v) is 6.14. The van der Waals surface area contributed by atoms with Crippen LogP contribution in [0.5, 0.6) is 0 Å². The van der Waals surface area contributed by atoms with E-state index < -0.39 is 41.8 Å². The van der Waals surface area contributed by atoms with E-state index in [1.54, 1.807) is 24.3 Å². The van der Waals surface area contributed by atoms with Crippen molar-refractivity contribution in [1.29, 1.82) is 0 Å². The molecule has 0 radical (unpaired) electrons. The average molecular weight is 515 g/mol. The molecule has 0 spiro atoms. The van der Waals surface area contributed by atoms with Crippen LogP contribution < -0.4 is 5.56 Å². The van der Waals surface area contributed by atoms with Crippen molar-refractivity contribution in [3.8, 4) is 0 Å². The topological polar surface area (TPSA) is 121 Å². The number of aromatic amines is 1. The molecule has 2 N–H and O–H groups in total. The Kier molecular flexibility index (Phi) is 5.77. The molecule has 0 atom stereocenters. The first-order valence-electron chi connectivity index (χ1n) is 11.0. The average Bonchev–Trinajstić information content (AvgIpc) is 3.26. The van der Waals surface area contributed by atoms with Crippen molar-refractivity contribution in [1.82, 2.24) is 24.6 Å². The van der Waals surface area contributed by atoms with E-state index in [0.717, 1.165) is 15.5 Å². The molecule has 2 aromatic heterocycles. The molecule has 1 amide bonds. The molecule has 0 bridgehead atoms. The number of benzene rings is 2. The Morgan fingerprint density at radius 3 is 2.51 bits per heavy atom. The predicted octanol–water partition coefficient (Wildman–Crippen LogP) is 3.22. The number of halogens is 4. The number of carbonyl (C=O) groups excluding carboxylic acids is 1. The lowest BCUT2D eigenvalue weighted by Gasteiger charge is -2.28. The first-order valence-corrected chi connectivity index (χ1v) is 11.0. The molecule has 1 aliphatic heterocycles. The maximum atomic E-state index is 14.7. The molecule has 1 aliphatic rings. The lowest BCUT2D eigenvalue weighted by molar-refractivity contribution is -0.141. The molecule has 37 heavy (non-hydrogen) atoms. The summed E-state index contributed by atoms with van der Waals surface area (Å²) in [6, 6.07) is 10.7. The Bertz CT molecular complexity index is 1630. The molecule has 0 saturated carbocycles. The fourth-order valence-electron chi connectivity index (χ4n) is 4.44. The zero-order valence-corrected chi connectivity index (χ0v) is 18.8. The summed E-state index contributed by atoms with van der Waals surface area (Å²) in [6.45, 7) is -0.819. The zero-order valence-electron chi connectivity index (χ0n) is 18.8. The van der Waals surface area contributed by atoms with Gasteiger partial charge in [0.05, 0.1) is 23.2 Å². The zero-order chi connectivity index (χ0) is 26.5. The largest absolute Gasteiger partial charge is 0.477 e. The Balaban J connectivity index is 1.44. The van der Waals surface area contributed by atoms with E-state index in [1.165, 1.54) is 12.1 Å². The minimum Gasteiger partial charge on any atom is -0.477 e. The van der Waals surface area contributed by atoms with Crippen molar-refractivity contribution in [2.24, 2.45) is 0 Å². The van der Waals surface area contributed by atoms with Crippen LogP contribution in [0.2, 0.25) is 0 Å². The number of carboxylic acids is 1. The van der Waals surface area contributed by atoms with E-state index in [0.29, 0.717) is 22.0 Å². The fourth-order valence-corrected chi connectivity index (χ4v) is 4.44. The highest BCUT2D eigenvalue weighted by atomic mass is 19.4. The highest BCUT2D eigenvalue weighted by Gasteiger charge is 2.42. The van der Waals surface area contributed by atoms with Crippen molar-refractivity contribution in [2.45, 2.75) is 25.7 Å². The minimum atomic E-state index is -4.99. The van der Waals surface area contributed by atoms with Crippen molar-refractivity contribution in [2.75, 3.05) is 6.54 Å². The van der Waals surface area contributed by atoms with E-state index in [1.807, 2.05) is 0 Å². The van der Waals surface area contributed by atoms with Gasteiger partial charge in [-0.3, -0.25) is 9.59 Å². The normalized spacial score (nSPS) is 13.6. The molecule has 13 heteroatoms. The van der Waals surface area contributed by atoms with Gasteiger partial charge < -0.3 is 14.6 Å². The van der Waals surface area contributed by atoms with Gasteiger partial charge >= 0.3 is 12.1 Å². The highest BCUT2D eigenvalue weighted by molar-refractivity contribution is 5.95. The molecular formula is C24H17F4N5O4. The Morgan fingerprint density at radius 1 is 1.08 bits per heavy atom. The van der Waals surface area contributed by atoms with Crippen LogP contribution in [0.25, 0.3) is 10.8 Å². The number of rotatable bonds is 4. The highest BCUT2D eigenvalue weighted by Crippen LogP contribution is 2.33. The van der Waals surface area contributed by atoms with E-state index in [9.17, 15) is 37.1 Å². The molecule has 5 rings (SSSR count). The van der Waals surface area contributed by atoms with Gasteiger partial charge in [0.25, 0.3) is 11.5 Å². The van der Waals surface area contributed by atoms with Crippen LogP contribution in [0.15, 0.2) is 47.3 Å². The Labute approximate surface area is 205 Å². The van der Waals surface area contributed by atoms with E-state index in [4.69, 9.17) is 0 Å². The number of amides is 1. The number of hydrogen-bond donors (Lipinski definition) is 2. The van der Waals surface area contributed by atoms with Gasteiger partial charge in [-0.05, 0) is 23.8 Å². The van der Waals surface area contributed by atoms with Crippen molar-refractivity contribution < 1.29 is 32.3 Å². The molecule has 3 heterocycles. The van der Waals surface area contributed by atoms with Crippen molar-refractivity contribution in [3.63, 3.8) is 0 Å². The summed E-state index contributed by atoms with van der Waals surface area (Å²) in [5.41, 5.74) is -2.19. The fraction of sp³-hybridized carbons (Fsp3) is 0.208. The van der Waals surface area contributed by atoms with Crippen LogP contribution in [0.3, 0.4) is 0 Å². The second-order valence-corrected chi connectivity index (χ2v) is 8.44. The SMILES string of the molecule is O=C(O)c1c(C(F)(F)F)nc2n1CCN(C(=O)c1cc(Cc3n[nH]c(=O)c4ccccc34)ccc1F)C2. The van der Waals surface area contributed by atoms with E-state index >= 15 is 0 Å². The number of aromatic nitrogens is 4. The molecule has 0 unspecified atom stereocenters. The monoisotopic (exact) mass is 515 g/mol. The van der Waals surface area contributed by atoms with E-state index in [-0.39, 0.29) is 36.5 Å². The summed E-state index contributed by atoms with van der Waals surface area (Å²) in [6.07, 6.45) is -4.83. The second kappa shape index (κ2) is 8.84. The summed E-state index contributed by atoms with van der Waals surface area (Å²) >= 11 is 0. The Morgan fingerprint density at radius 2 is 1.81 bits per heavy atom. The summed E-state index contributed by atoms with van der Waals surface area (Å²) < 4.78 is 55.6. The lowest BCUT2D eigenvalue weighted by Crippen LogP contribution is -2.39. The molecule has 0 fully saturated rings. The number of carboxylic acid groups (broad SMARTS) is 1. The smallest absolute Gasteiger partial charge is 0.435 e. The van der Waals surface area contributed by atoms with Crippen LogP contribution in [0.4, 0.5) is 17.6 Å². The molecule has 190 valence electrons. The van der Waals surface area contributed by atoms with Crippen LogP contribution >= 0.6 is 0 Å². The number of carbonyl (C=O) groups is 2. The lowest BCUT2D eigenvalue weighted by atomic mass is 10.0. The number of fused-ring (bicyclic) bond motifs is 2. The van der Waals surface area contributed by atoms with E-state index in [2.05, 4.69) is 15.2 Å². The number of alkyl halides is 3. The standard InChI is InChI=1S/C24H17F4N5O4/c25-16-6-5-12(10-17-13-3-1-2-4-14(13)21(34)31-30-17)9-15(16)22(35)32-7-8-33-18(11-32)29-20(24(26,27)28)19(33)23(36)37/h1-6,9H,7-8,10-11H2,(H,31,34)(H,36,37). The second-order valence-electron chi connectivity index (χ2n) is 8.44. The van der Waals surface area contributed by atoms with Crippen LogP contribution in [0.1, 0.15) is 43.6 Å². The maximum Gasteiger partial charge on any atom is 0.435 e. The number of aromatic carboxylic acids is 1. The molecule has 9 nitrogen and oxygen atoms in total. The van der Waals surface area contributed by atoms with Gasteiger partial charge in [-0.15, -0.1) is 0 Å². The minimum absolute atomic E-state index is 0.143. The van der Waals surface area contributed by atoms with Gasteiger partial charge in [-0.1, -0.05) is 24.3 Å². The number of nitrogens with one attached hydrogen (secondary N) is 1. The Hall–Kier alpha value is -4.55. The van der Waals surface area contributed by atoms with Crippen molar-refractivity contribution >= 4 is 22.6 Å². The first-order chi connectivity index (χ1) is 17.5. The number of hydrogen-bond acceptors (Lipinski definition) is 5. The van der Waals surface area contributed by atoms with Crippen LogP contribution in [-0.2, 0) is 25.7 Å². The van der Waals surface area contributed by atoms with Gasteiger partial charge in [0.1, 0.15) is 11.6 Å². The molecule has 2 aromatic carbocycles. The summed E-state index contributed by atoms with van der Waals surface area (Å²) in [5.74, 6) is -3.65. The quantitative estimate of drug-likeness (QED) is 0.403. The van der Waals surface area contributed by atoms with Crippen molar-refractivity contribution in [3.05, 3.63) is 92.7 Å². The van der Waals surface area contributed by atoms with Gasteiger partial charge in [-0.2, -0.15) is 18.3 Å². The van der Waals surface area contributed by atoms with Gasteiger partial charge in [0, 0.05) is 24.9 Å². The molecule has 0 aliphatic carbocycles. The number of nitrogens with zero attached hydrogens (tertiary/aromatic N) is 4. The first kappa shape index (κ1) is 24.2. The number of H-pyrrole nitrogens is 1. The van der Waals surface area contributed by atoms with Gasteiger partial charge in [0.2, 0.25) is 0 Å². The molecule has 0 saturated heterocycles. The maximum absolute atomic E-state index is 14.7. The van der Waals surface area contributed by atoms with Gasteiger partial charge in [-0.25, -0.2) is 19.3 Å². The summed E-state index contributed by atoms with van der Waals surface area (Å²) in [4.78, 5) is 41.2. The third kappa shape index (κ3) is 4.32. The summed E-state index contributed by atoms with van der Waals surface area (Å²) in [7, 11) is 0. The third-order valence-electron chi connectivity index (χ3n) is 6.14. The number of imidazole rings is 1. The van der Waals surface area contributed by atoms with Crippen LogP contribution in [0, 0.1) is 5.82 Å². The van der Waals surface area contributed by atoms with Gasteiger partial charge in [0.15, 0.2) is 11.4 Å². The summed E-state index contributed by atoms with van der Waals surface area (Å²) in [5, 5.41) is 16.8. The molecule has 4 aromatic rings. The predicted molar refractivity (Wildman–Crippen MR) is 120 cm³/mol. The van der Waals surface area contributed by atoms with Crippen LogP contribution in [-0.4, -0.2) is 48.2 Å². The molecular weight excluding hydrogens is 498 g/mol.